The number of nitrogens with zero attached hydrogens (tertiary/aromatic N) is 1. The highest BCUT2D eigenvalue weighted by molar-refractivity contribution is 6.58. The molecule has 0 rings (SSSR count). The van der Waals surface area contributed by atoms with Gasteiger partial charge >= 0.3 is 0 Å². The van der Waals surface area contributed by atoms with E-state index in [1.165, 1.54) is 121 Å². The van der Waals surface area contributed by atoms with Crippen LogP contribution in [0.4, 0.5) is 0 Å². The quantitative estimate of drug-likeness (QED) is 0.127. The summed E-state index contributed by atoms with van der Waals surface area (Å²) in [6.45, 7) is 22.2. The van der Waals surface area contributed by atoms with E-state index in [2.05, 4.69) is 48.5 Å². The van der Waals surface area contributed by atoms with Crippen LogP contribution in [0.5, 0.6) is 0 Å². The Hall–Kier alpha value is 0.0249. The average molecular weight is 426 g/mol. The van der Waals surface area contributed by atoms with Crippen LogP contribution < -0.4 is 0 Å². The molecule has 2 heteroatoms. The van der Waals surface area contributed by atoms with Gasteiger partial charge in [-0.2, -0.15) is 19.0 Å². The maximum Gasteiger partial charge on any atom is 0.0786 e. The molecule has 0 N–H and O–H groups in total. The molecule has 0 unspecified atom stereocenters. The lowest BCUT2D eigenvalue weighted by Gasteiger charge is -2.39. The van der Waals surface area contributed by atoms with E-state index >= 15 is 0 Å². The van der Waals surface area contributed by atoms with E-state index in [1.54, 1.807) is 19.0 Å². The third kappa shape index (κ3) is 20.0. The second-order valence-electron chi connectivity index (χ2n) is 10.3. The first-order valence-electron chi connectivity index (χ1n) is 14.7. The van der Waals surface area contributed by atoms with Crippen molar-refractivity contribution >= 4 is 6.71 Å². The zero-order valence-corrected chi connectivity index (χ0v) is 23.0. The van der Waals surface area contributed by atoms with Crippen molar-refractivity contribution in [3.8, 4) is 0 Å². The van der Waals surface area contributed by atoms with Crippen molar-refractivity contribution in [2.45, 2.75) is 157 Å². The van der Waals surface area contributed by atoms with Crippen LogP contribution in [-0.2, 0) is 0 Å². The summed E-state index contributed by atoms with van der Waals surface area (Å²) in [6.07, 6.45) is 24.4. The smallest absolute Gasteiger partial charge is 0.0786 e. The predicted octanol–water partition coefficient (Wildman–Crippen LogP) is 9.62. The Labute approximate surface area is 194 Å². The number of hydrogen-bond donors (Lipinski definition) is 0. The third-order valence-electron chi connectivity index (χ3n) is 7.25. The van der Waals surface area contributed by atoms with E-state index in [9.17, 15) is 0 Å². The summed E-state index contributed by atoms with van der Waals surface area (Å²) in [7, 11) is 0. The van der Waals surface area contributed by atoms with Crippen LogP contribution in [0.2, 0.25) is 19.0 Å². The van der Waals surface area contributed by atoms with E-state index in [0.717, 1.165) is 0 Å². The van der Waals surface area contributed by atoms with Crippen molar-refractivity contribution in [1.82, 2.24) is 0 Å². The van der Waals surface area contributed by atoms with Crippen molar-refractivity contribution < 1.29 is 4.48 Å². The van der Waals surface area contributed by atoms with E-state index in [-0.39, 0.29) is 6.71 Å². The van der Waals surface area contributed by atoms with E-state index in [0.29, 0.717) is 0 Å². The van der Waals surface area contributed by atoms with Crippen LogP contribution >= 0.6 is 0 Å². The Balaban J connectivity index is 0. The van der Waals surface area contributed by atoms with E-state index < -0.39 is 0 Å². The maximum absolute atomic E-state index is 2.33. The van der Waals surface area contributed by atoms with E-state index in [1.807, 2.05) is 0 Å². The van der Waals surface area contributed by atoms with Gasteiger partial charge in [0.2, 0.25) is 0 Å². The fraction of sp³-hybridized carbons (Fsp3) is 1.00. The molecule has 0 aromatic heterocycles. The van der Waals surface area contributed by atoms with Gasteiger partial charge in [-0.05, 0) is 32.4 Å². The Morgan fingerprint density at radius 2 is 0.600 bits per heavy atom. The van der Waals surface area contributed by atoms with Crippen molar-refractivity contribution in [2.24, 2.45) is 0 Å². The first-order chi connectivity index (χ1) is 14.6. The first kappa shape index (κ1) is 32.2. The van der Waals surface area contributed by atoms with Gasteiger partial charge in [0.05, 0.1) is 26.2 Å². The molecular weight excluding hydrogens is 361 g/mol. The zero-order chi connectivity index (χ0) is 22.9. The second kappa shape index (κ2) is 25.3. The lowest BCUT2D eigenvalue weighted by Crippen LogP contribution is -2.50. The van der Waals surface area contributed by atoms with Crippen molar-refractivity contribution in [1.29, 1.82) is 0 Å². The molecule has 0 aliphatic heterocycles. The number of quaternary nitrogens is 1. The van der Waals surface area contributed by atoms with Gasteiger partial charge in [0.25, 0.3) is 0 Å². The molecule has 0 fully saturated rings. The minimum Gasteiger partial charge on any atom is -0.324 e. The molecule has 30 heavy (non-hydrogen) atoms. The average Bonchev–Trinajstić information content (AvgIpc) is 2.78. The molecule has 0 aliphatic rings. The summed E-state index contributed by atoms with van der Waals surface area (Å²) in [5, 5.41) is 0. The molecule has 184 valence electrons. The van der Waals surface area contributed by atoms with Gasteiger partial charge in [0.15, 0.2) is 0 Å². The van der Waals surface area contributed by atoms with Crippen LogP contribution in [0.15, 0.2) is 0 Å². The normalized spacial score (nSPS) is 11.6. The zero-order valence-electron chi connectivity index (χ0n) is 23.0. The monoisotopic (exact) mass is 426 g/mol. The first-order valence-corrected chi connectivity index (χ1v) is 14.7. The van der Waals surface area contributed by atoms with Crippen LogP contribution in [0.1, 0.15) is 138 Å². The molecule has 0 aliphatic carbocycles. The predicted molar refractivity (Wildman–Crippen MR) is 146 cm³/mol. The largest absolute Gasteiger partial charge is 0.324 e. The summed E-state index contributed by atoms with van der Waals surface area (Å²) >= 11 is 0. The van der Waals surface area contributed by atoms with Gasteiger partial charge in [-0.1, -0.05) is 113 Å². The van der Waals surface area contributed by atoms with Gasteiger partial charge in [0.1, 0.15) is 0 Å². The highest BCUT2D eigenvalue weighted by Gasteiger charge is 2.24. The molecule has 1 nitrogen and oxygen atoms in total. The molecule has 0 amide bonds. The topological polar surface area (TPSA) is 0 Å². The summed E-state index contributed by atoms with van der Waals surface area (Å²) in [6, 6.07) is 0. The Kier molecular flexibility index (Phi) is 27.1. The third-order valence-corrected chi connectivity index (χ3v) is 7.25. The van der Waals surface area contributed by atoms with Crippen LogP contribution in [0.25, 0.3) is 0 Å². The molecule has 0 radical (unpaired) electrons. The standard InChI is InChI=1S/C16H36N.C12H28B/c1-5-9-13-17(14-10-6-2,15-11-7-3)16-12-8-4;1-4-7-10-13(11-8-5-2)12-9-6-3/h5-16H2,1-4H3;13H,4-12H2,1-3H3/q+1;-1. The minimum atomic E-state index is 0.245. The van der Waals surface area contributed by atoms with Gasteiger partial charge in [-0.15, -0.1) is 0 Å². The summed E-state index contributed by atoms with van der Waals surface area (Å²) < 4.78 is 1.42. The summed E-state index contributed by atoms with van der Waals surface area (Å²) in [5.74, 6) is 0. The Morgan fingerprint density at radius 3 is 0.800 bits per heavy atom. The van der Waals surface area contributed by atoms with Crippen molar-refractivity contribution in [2.75, 3.05) is 26.2 Å². The molecule has 0 saturated carbocycles. The summed E-state index contributed by atoms with van der Waals surface area (Å²) in [4.78, 5) is 0. The highest BCUT2D eigenvalue weighted by atomic mass is 15.3. The van der Waals surface area contributed by atoms with Gasteiger partial charge < -0.3 is 4.48 Å². The van der Waals surface area contributed by atoms with Crippen LogP contribution in [0.3, 0.4) is 0 Å². The fourth-order valence-corrected chi connectivity index (χ4v) is 4.99. The molecule has 0 spiro atoms. The number of hydrogen-bond acceptors (Lipinski definition) is 0. The number of rotatable bonds is 21. The fourth-order valence-electron chi connectivity index (χ4n) is 4.99. The van der Waals surface area contributed by atoms with Gasteiger partial charge in [-0.3, -0.25) is 0 Å². The molecular formula is C28H64BN. The molecule has 0 saturated heterocycles. The lowest BCUT2D eigenvalue weighted by atomic mass is 9.41. The Bertz CT molecular complexity index is 248. The van der Waals surface area contributed by atoms with Crippen molar-refractivity contribution in [3.05, 3.63) is 0 Å². The molecule has 0 aromatic carbocycles. The number of unbranched alkanes of at least 4 members (excludes halogenated alkanes) is 7. The maximum atomic E-state index is 2.33. The van der Waals surface area contributed by atoms with Crippen LogP contribution in [-0.4, -0.2) is 37.4 Å². The lowest BCUT2D eigenvalue weighted by molar-refractivity contribution is -0.929. The SMILES string of the molecule is CCCC[BH-](CCCC)CCCC.CCCC[N+](CCCC)(CCCC)CCCC. The van der Waals surface area contributed by atoms with Gasteiger partial charge in [-0.25, -0.2) is 0 Å². The van der Waals surface area contributed by atoms with Gasteiger partial charge in [0, 0.05) is 0 Å². The van der Waals surface area contributed by atoms with Crippen LogP contribution in [0, 0.1) is 0 Å². The molecule has 0 atom stereocenters. The minimum absolute atomic E-state index is 0.245. The Morgan fingerprint density at radius 1 is 0.367 bits per heavy atom. The van der Waals surface area contributed by atoms with E-state index in [4.69, 9.17) is 0 Å². The molecule has 0 bridgehead atoms. The van der Waals surface area contributed by atoms with Crippen molar-refractivity contribution in [3.63, 3.8) is 0 Å². The summed E-state index contributed by atoms with van der Waals surface area (Å²) in [5.41, 5.74) is 0. The second-order valence-corrected chi connectivity index (χ2v) is 10.3. The highest BCUT2D eigenvalue weighted by Crippen LogP contribution is 2.17. The molecule has 0 heterocycles. The molecule has 0 aromatic rings.